The predicted octanol–water partition coefficient (Wildman–Crippen LogP) is 1.28. The molecule has 1 aliphatic carbocycles. The average molecular weight is 329 g/mol. The zero-order valence-corrected chi connectivity index (χ0v) is 11.7. The van der Waals surface area contributed by atoms with Crippen molar-refractivity contribution in [3.05, 3.63) is 11.2 Å². The van der Waals surface area contributed by atoms with Crippen molar-refractivity contribution in [2.45, 2.75) is 23.4 Å². The van der Waals surface area contributed by atoms with Gasteiger partial charge in [0.25, 0.3) is 10.0 Å². The number of aromatic nitrogens is 2. The van der Waals surface area contributed by atoms with Gasteiger partial charge in [0.15, 0.2) is 5.03 Å². The summed E-state index contributed by atoms with van der Waals surface area (Å²) in [7, 11) is -2.05. The van der Waals surface area contributed by atoms with Gasteiger partial charge in [0.05, 0.1) is 11.2 Å². The summed E-state index contributed by atoms with van der Waals surface area (Å²) in [5, 5.41) is 4.57. The van der Waals surface area contributed by atoms with Gasteiger partial charge in [-0.25, -0.2) is 13.1 Å². The Bertz CT molecular complexity index is 490. The minimum absolute atomic E-state index is 0.0152. The van der Waals surface area contributed by atoms with Crippen LogP contribution in [0.5, 0.6) is 0 Å². The average Bonchev–Trinajstić information content (AvgIpc) is 2.86. The summed E-state index contributed by atoms with van der Waals surface area (Å²) in [6.45, 7) is 0. The largest absolute Gasteiger partial charge is 0.259 e. The minimum Gasteiger partial charge on any atom is -0.255 e. The molecule has 5 nitrogen and oxygen atoms in total. The fraction of sp³-hybridized carbons (Fsp3) is 0.625. The maximum absolute atomic E-state index is 12.1. The molecular formula is C8H11BrClN3O2S. The lowest BCUT2D eigenvalue weighted by atomic mass is 10.4. The van der Waals surface area contributed by atoms with Crippen LogP contribution in [0.15, 0.2) is 11.2 Å². The Labute approximate surface area is 107 Å². The van der Waals surface area contributed by atoms with Crippen LogP contribution in [0.2, 0.25) is 5.02 Å². The van der Waals surface area contributed by atoms with Crippen molar-refractivity contribution >= 4 is 37.6 Å². The Hall–Kier alpha value is -0.110. The first kappa shape index (κ1) is 12.3. The molecule has 1 aromatic heterocycles. The Morgan fingerprint density at radius 1 is 1.69 bits per heavy atom. The molecule has 1 saturated carbocycles. The lowest BCUT2D eigenvalue weighted by molar-refractivity contribution is 0.545. The summed E-state index contributed by atoms with van der Waals surface area (Å²) in [5.74, 6) is 0. The number of aryl methyl sites for hydroxylation is 1. The van der Waals surface area contributed by atoms with E-state index in [1.807, 2.05) is 0 Å². The third kappa shape index (κ3) is 2.13. The standard InChI is InChI=1S/C8H11BrClN3O2S/c1-13-7(6(10)4-11-13)16(14,15)12-8(5-9)2-3-8/h4,12H,2-3,5H2,1H3. The topological polar surface area (TPSA) is 64.0 Å². The van der Waals surface area contributed by atoms with E-state index in [4.69, 9.17) is 11.6 Å². The fourth-order valence-corrected chi connectivity index (χ4v) is 4.45. The summed E-state index contributed by atoms with van der Waals surface area (Å²) in [4.78, 5) is 0. The van der Waals surface area contributed by atoms with Crippen LogP contribution >= 0.6 is 27.5 Å². The number of sulfonamides is 1. The summed E-state index contributed by atoms with van der Waals surface area (Å²) < 4.78 is 28.1. The maximum atomic E-state index is 12.1. The van der Waals surface area contributed by atoms with Crippen LogP contribution < -0.4 is 4.72 Å². The highest BCUT2D eigenvalue weighted by Gasteiger charge is 2.46. The molecule has 0 atom stereocenters. The third-order valence-electron chi connectivity index (χ3n) is 2.56. The van der Waals surface area contributed by atoms with E-state index >= 15 is 0 Å². The van der Waals surface area contributed by atoms with Crippen LogP contribution in [0.25, 0.3) is 0 Å². The van der Waals surface area contributed by atoms with E-state index in [-0.39, 0.29) is 15.6 Å². The molecule has 2 rings (SSSR count). The van der Waals surface area contributed by atoms with E-state index in [1.54, 1.807) is 7.05 Å². The highest BCUT2D eigenvalue weighted by Crippen LogP contribution is 2.38. The van der Waals surface area contributed by atoms with E-state index in [1.165, 1.54) is 10.9 Å². The van der Waals surface area contributed by atoms with Gasteiger partial charge >= 0.3 is 0 Å². The van der Waals surface area contributed by atoms with E-state index < -0.39 is 10.0 Å². The number of alkyl halides is 1. The highest BCUT2D eigenvalue weighted by molar-refractivity contribution is 9.09. The van der Waals surface area contributed by atoms with Crippen molar-refractivity contribution in [2.24, 2.45) is 7.05 Å². The number of nitrogens with one attached hydrogen (secondary N) is 1. The van der Waals surface area contributed by atoms with Gasteiger partial charge in [0, 0.05) is 17.9 Å². The van der Waals surface area contributed by atoms with E-state index in [0.717, 1.165) is 12.8 Å². The molecule has 1 N–H and O–H groups in total. The van der Waals surface area contributed by atoms with Crippen molar-refractivity contribution in [3.8, 4) is 0 Å². The zero-order chi connectivity index (χ0) is 12.0. The van der Waals surface area contributed by atoms with Crippen LogP contribution in [-0.4, -0.2) is 29.1 Å². The van der Waals surface area contributed by atoms with Crippen LogP contribution in [0, 0.1) is 0 Å². The number of nitrogens with zero attached hydrogens (tertiary/aromatic N) is 2. The SMILES string of the molecule is Cn1ncc(Cl)c1S(=O)(=O)NC1(CBr)CC1. The molecule has 0 aliphatic heterocycles. The van der Waals surface area contributed by atoms with Gasteiger partial charge in [-0.2, -0.15) is 5.10 Å². The second-order valence-electron chi connectivity index (χ2n) is 3.94. The molecule has 0 amide bonds. The Morgan fingerprint density at radius 2 is 2.31 bits per heavy atom. The summed E-state index contributed by atoms with van der Waals surface area (Å²) in [6.07, 6.45) is 3.00. The number of hydrogen-bond donors (Lipinski definition) is 1. The molecule has 8 heteroatoms. The minimum atomic E-state index is -3.60. The second kappa shape index (κ2) is 3.97. The molecule has 1 fully saturated rings. The predicted molar refractivity (Wildman–Crippen MR) is 64.3 cm³/mol. The van der Waals surface area contributed by atoms with Gasteiger partial charge in [-0.1, -0.05) is 27.5 Å². The lowest BCUT2D eigenvalue weighted by Crippen LogP contribution is -2.38. The van der Waals surface area contributed by atoms with E-state index in [0.29, 0.717) is 5.33 Å². The highest BCUT2D eigenvalue weighted by atomic mass is 79.9. The van der Waals surface area contributed by atoms with Crippen LogP contribution in [0.4, 0.5) is 0 Å². The zero-order valence-electron chi connectivity index (χ0n) is 8.57. The molecule has 1 heterocycles. The Kier molecular flexibility index (Phi) is 3.07. The van der Waals surface area contributed by atoms with Crippen molar-refractivity contribution in [1.82, 2.24) is 14.5 Å². The molecule has 0 aromatic carbocycles. The van der Waals surface area contributed by atoms with Crippen molar-refractivity contribution in [1.29, 1.82) is 0 Å². The van der Waals surface area contributed by atoms with E-state index in [2.05, 4.69) is 25.8 Å². The lowest BCUT2D eigenvalue weighted by Gasteiger charge is -2.14. The Morgan fingerprint density at radius 3 is 2.69 bits per heavy atom. The molecule has 90 valence electrons. The summed E-state index contributed by atoms with van der Waals surface area (Å²) in [5.41, 5.74) is -0.341. The number of rotatable bonds is 4. The molecule has 0 saturated heterocycles. The first-order valence-corrected chi connectivity index (χ1v) is 7.66. The molecule has 0 radical (unpaired) electrons. The normalized spacial score (nSPS) is 18.7. The fourth-order valence-electron chi connectivity index (χ4n) is 1.45. The first-order valence-electron chi connectivity index (χ1n) is 4.68. The molecule has 16 heavy (non-hydrogen) atoms. The van der Waals surface area contributed by atoms with Crippen LogP contribution in [-0.2, 0) is 17.1 Å². The van der Waals surface area contributed by atoms with E-state index in [9.17, 15) is 8.42 Å². The van der Waals surface area contributed by atoms with Crippen LogP contribution in [0.1, 0.15) is 12.8 Å². The molecule has 1 aliphatic rings. The van der Waals surface area contributed by atoms with Gasteiger partial charge in [0.1, 0.15) is 0 Å². The molecule has 1 aromatic rings. The maximum Gasteiger partial charge on any atom is 0.259 e. The molecule has 0 spiro atoms. The van der Waals surface area contributed by atoms with Crippen molar-refractivity contribution in [3.63, 3.8) is 0 Å². The van der Waals surface area contributed by atoms with Gasteiger partial charge in [-0.05, 0) is 12.8 Å². The number of hydrogen-bond acceptors (Lipinski definition) is 3. The van der Waals surface area contributed by atoms with Crippen molar-refractivity contribution in [2.75, 3.05) is 5.33 Å². The quantitative estimate of drug-likeness (QED) is 0.847. The van der Waals surface area contributed by atoms with Gasteiger partial charge in [0.2, 0.25) is 0 Å². The third-order valence-corrected chi connectivity index (χ3v) is 5.71. The second-order valence-corrected chi connectivity index (χ2v) is 6.51. The van der Waals surface area contributed by atoms with Crippen molar-refractivity contribution < 1.29 is 8.42 Å². The summed E-state index contributed by atoms with van der Waals surface area (Å²) >= 11 is 9.11. The first-order chi connectivity index (χ1) is 7.40. The van der Waals surface area contributed by atoms with Crippen LogP contribution in [0.3, 0.4) is 0 Å². The van der Waals surface area contributed by atoms with Gasteiger partial charge < -0.3 is 0 Å². The number of halogens is 2. The Balaban J connectivity index is 2.33. The van der Waals surface area contributed by atoms with Gasteiger partial charge in [-0.15, -0.1) is 0 Å². The smallest absolute Gasteiger partial charge is 0.255 e. The van der Waals surface area contributed by atoms with Gasteiger partial charge in [-0.3, -0.25) is 4.68 Å². The molecule has 0 bridgehead atoms. The molecular weight excluding hydrogens is 318 g/mol. The molecule has 0 unspecified atom stereocenters. The monoisotopic (exact) mass is 327 g/mol. The summed E-state index contributed by atoms with van der Waals surface area (Å²) in [6, 6.07) is 0.